The van der Waals surface area contributed by atoms with Crippen molar-refractivity contribution in [3.63, 3.8) is 0 Å². The SMILES string of the molecule is COc1cccc(C(N)c2cccc(C)n2)c1. The largest absolute Gasteiger partial charge is 0.497 e. The highest BCUT2D eigenvalue weighted by Gasteiger charge is 2.10. The van der Waals surface area contributed by atoms with E-state index in [1.807, 2.05) is 49.4 Å². The Bertz CT molecular complexity index is 511. The summed E-state index contributed by atoms with van der Waals surface area (Å²) in [5.74, 6) is 0.811. The molecule has 0 spiro atoms. The molecule has 1 atom stereocenters. The standard InChI is InChI=1S/C14H16N2O/c1-10-5-3-8-13(16-10)14(15)11-6-4-7-12(9-11)17-2/h3-9,14H,15H2,1-2H3. The smallest absolute Gasteiger partial charge is 0.119 e. The van der Waals surface area contributed by atoms with E-state index in [9.17, 15) is 0 Å². The zero-order valence-corrected chi connectivity index (χ0v) is 10.1. The van der Waals surface area contributed by atoms with E-state index >= 15 is 0 Å². The summed E-state index contributed by atoms with van der Waals surface area (Å²) in [6, 6.07) is 13.4. The second-order valence-electron chi connectivity index (χ2n) is 3.96. The molecule has 0 bridgehead atoms. The fourth-order valence-electron chi connectivity index (χ4n) is 1.74. The molecular weight excluding hydrogens is 212 g/mol. The van der Waals surface area contributed by atoms with Gasteiger partial charge in [0.05, 0.1) is 18.8 Å². The molecule has 2 N–H and O–H groups in total. The number of ether oxygens (including phenoxy) is 1. The molecule has 2 rings (SSSR count). The van der Waals surface area contributed by atoms with E-state index in [2.05, 4.69) is 4.98 Å². The van der Waals surface area contributed by atoms with Crippen LogP contribution in [-0.2, 0) is 0 Å². The first-order valence-corrected chi connectivity index (χ1v) is 5.54. The summed E-state index contributed by atoms with van der Waals surface area (Å²) in [6.07, 6.45) is 0. The first-order chi connectivity index (χ1) is 8.20. The lowest BCUT2D eigenvalue weighted by atomic mass is 10.0. The normalized spacial score (nSPS) is 12.2. The fourth-order valence-corrected chi connectivity index (χ4v) is 1.74. The molecule has 3 nitrogen and oxygen atoms in total. The van der Waals surface area contributed by atoms with E-state index in [0.717, 1.165) is 22.7 Å². The minimum Gasteiger partial charge on any atom is -0.497 e. The lowest BCUT2D eigenvalue weighted by molar-refractivity contribution is 0.414. The third kappa shape index (κ3) is 2.63. The van der Waals surface area contributed by atoms with E-state index in [1.54, 1.807) is 7.11 Å². The highest BCUT2D eigenvalue weighted by Crippen LogP contribution is 2.21. The van der Waals surface area contributed by atoms with Gasteiger partial charge in [-0.3, -0.25) is 4.98 Å². The van der Waals surface area contributed by atoms with Crippen LogP contribution in [0, 0.1) is 6.92 Å². The molecule has 1 aromatic carbocycles. The summed E-state index contributed by atoms with van der Waals surface area (Å²) in [4.78, 5) is 4.44. The molecule has 0 radical (unpaired) electrons. The highest BCUT2D eigenvalue weighted by molar-refractivity contribution is 5.34. The summed E-state index contributed by atoms with van der Waals surface area (Å²) >= 11 is 0. The molecule has 0 aliphatic carbocycles. The summed E-state index contributed by atoms with van der Waals surface area (Å²) in [7, 11) is 1.65. The number of aromatic nitrogens is 1. The Morgan fingerprint density at radius 3 is 2.65 bits per heavy atom. The van der Waals surface area contributed by atoms with Gasteiger partial charge in [0.15, 0.2) is 0 Å². The molecule has 3 heteroatoms. The van der Waals surface area contributed by atoms with Crippen LogP contribution in [0.2, 0.25) is 0 Å². The van der Waals surface area contributed by atoms with Crippen LogP contribution >= 0.6 is 0 Å². The van der Waals surface area contributed by atoms with Gasteiger partial charge in [-0.25, -0.2) is 0 Å². The first-order valence-electron chi connectivity index (χ1n) is 5.54. The van der Waals surface area contributed by atoms with Crippen LogP contribution in [-0.4, -0.2) is 12.1 Å². The summed E-state index contributed by atoms with van der Waals surface area (Å²) < 4.78 is 5.19. The predicted molar refractivity (Wildman–Crippen MR) is 68.0 cm³/mol. The molecule has 0 saturated heterocycles. The van der Waals surface area contributed by atoms with Crippen molar-refractivity contribution in [1.29, 1.82) is 0 Å². The van der Waals surface area contributed by atoms with Crippen LogP contribution in [0.25, 0.3) is 0 Å². The van der Waals surface area contributed by atoms with Crippen LogP contribution in [0.1, 0.15) is 23.0 Å². The zero-order valence-electron chi connectivity index (χ0n) is 10.1. The number of methoxy groups -OCH3 is 1. The molecule has 0 amide bonds. The second kappa shape index (κ2) is 4.97. The predicted octanol–water partition coefficient (Wildman–Crippen LogP) is 2.45. The zero-order chi connectivity index (χ0) is 12.3. The maximum atomic E-state index is 6.19. The van der Waals surface area contributed by atoms with Crippen molar-refractivity contribution in [2.24, 2.45) is 5.73 Å². The molecule has 1 aromatic heterocycles. The summed E-state index contributed by atoms with van der Waals surface area (Å²) in [5.41, 5.74) is 9.04. The average Bonchev–Trinajstić information content (AvgIpc) is 2.38. The number of pyridine rings is 1. The molecule has 0 fully saturated rings. The van der Waals surface area contributed by atoms with Gasteiger partial charge in [-0.2, -0.15) is 0 Å². The number of nitrogens with two attached hydrogens (primary N) is 1. The van der Waals surface area contributed by atoms with Crippen molar-refractivity contribution in [3.05, 3.63) is 59.4 Å². The minimum absolute atomic E-state index is 0.218. The number of rotatable bonds is 3. The van der Waals surface area contributed by atoms with Gasteiger partial charge >= 0.3 is 0 Å². The molecule has 1 heterocycles. The molecule has 0 saturated carbocycles. The van der Waals surface area contributed by atoms with Crippen LogP contribution in [0.4, 0.5) is 0 Å². The van der Waals surface area contributed by atoms with Crippen molar-refractivity contribution in [2.75, 3.05) is 7.11 Å². The van der Waals surface area contributed by atoms with Crippen molar-refractivity contribution in [1.82, 2.24) is 4.98 Å². The number of nitrogens with zero attached hydrogens (tertiary/aromatic N) is 1. The van der Waals surface area contributed by atoms with Gasteiger partial charge in [-0.15, -0.1) is 0 Å². The molecule has 1 unspecified atom stereocenters. The second-order valence-corrected chi connectivity index (χ2v) is 3.96. The Kier molecular flexibility index (Phi) is 3.40. The van der Waals surface area contributed by atoms with Crippen LogP contribution in [0.5, 0.6) is 5.75 Å². The van der Waals surface area contributed by atoms with Gasteiger partial charge in [0.1, 0.15) is 5.75 Å². The number of aryl methyl sites for hydroxylation is 1. The molecular formula is C14H16N2O. The van der Waals surface area contributed by atoms with Crippen molar-refractivity contribution in [2.45, 2.75) is 13.0 Å². The third-order valence-electron chi connectivity index (χ3n) is 2.68. The van der Waals surface area contributed by atoms with Gasteiger partial charge in [0, 0.05) is 5.69 Å². The molecule has 17 heavy (non-hydrogen) atoms. The quantitative estimate of drug-likeness (QED) is 0.877. The van der Waals surface area contributed by atoms with Crippen LogP contribution in [0.15, 0.2) is 42.5 Å². The first kappa shape index (κ1) is 11.6. The number of benzene rings is 1. The lowest BCUT2D eigenvalue weighted by Crippen LogP contribution is -2.13. The summed E-state index contributed by atoms with van der Waals surface area (Å²) in [6.45, 7) is 1.96. The Labute approximate surface area is 101 Å². The minimum atomic E-state index is -0.218. The van der Waals surface area contributed by atoms with Gasteiger partial charge in [-0.05, 0) is 36.8 Å². The van der Waals surface area contributed by atoms with E-state index in [1.165, 1.54) is 0 Å². The molecule has 0 aliphatic heterocycles. The molecule has 0 aliphatic rings. The molecule has 2 aromatic rings. The van der Waals surface area contributed by atoms with Crippen molar-refractivity contribution in [3.8, 4) is 5.75 Å². The van der Waals surface area contributed by atoms with Gasteiger partial charge in [0.2, 0.25) is 0 Å². The fraction of sp³-hybridized carbons (Fsp3) is 0.214. The van der Waals surface area contributed by atoms with Gasteiger partial charge in [-0.1, -0.05) is 18.2 Å². The van der Waals surface area contributed by atoms with E-state index in [4.69, 9.17) is 10.5 Å². The van der Waals surface area contributed by atoms with Crippen molar-refractivity contribution < 1.29 is 4.74 Å². The van der Waals surface area contributed by atoms with Crippen molar-refractivity contribution >= 4 is 0 Å². The van der Waals surface area contributed by atoms with Crippen LogP contribution < -0.4 is 10.5 Å². The third-order valence-corrected chi connectivity index (χ3v) is 2.68. The maximum absolute atomic E-state index is 6.19. The average molecular weight is 228 g/mol. The van der Waals surface area contributed by atoms with Gasteiger partial charge in [0.25, 0.3) is 0 Å². The molecule has 88 valence electrons. The monoisotopic (exact) mass is 228 g/mol. The van der Waals surface area contributed by atoms with E-state index < -0.39 is 0 Å². The number of hydrogen-bond acceptors (Lipinski definition) is 3. The Morgan fingerprint density at radius 2 is 1.94 bits per heavy atom. The lowest BCUT2D eigenvalue weighted by Gasteiger charge is -2.13. The Hall–Kier alpha value is -1.87. The maximum Gasteiger partial charge on any atom is 0.119 e. The Balaban J connectivity index is 2.33. The van der Waals surface area contributed by atoms with Gasteiger partial charge < -0.3 is 10.5 Å². The van der Waals surface area contributed by atoms with E-state index in [0.29, 0.717) is 0 Å². The Morgan fingerprint density at radius 1 is 1.18 bits per heavy atom. The summed E-state index contributed by atoms with van der Waals surface area (Å²) in [5, 5.41) is 0. The highest BCUT2D eigenvalue weighted by atomic mass is 16.5. The van der Waals surface area contributed by atoms with Crippen LogP contribution in [0.3, 0.4) is 0 Å². The topological polar surface area (TPSA) is 48.1 Å². The van der Waals surface area contributed by atoms with E-state index in [-0.39, 0.29) is 6.04 Å². The number of hydrogen-bond donors (Lipinski definition) is 1.